The fourth-order valence-electron chi connectivity index (χ4n) is 4.69. The van der Waals surface area contributed by atoms with Crippen molar-refractivity contribution in [2.45, 2.75) is 24.7 Å². The number of fused-ring (bicyclic) bond motifs is 4. The number of nitrogens with zero attached hydrogens (tertiary/aromatic N) is 4. The molecule has 2 bridgehead atoms. The van der Waals surface area contributed by atoms with Crippen LogP contribution in [0.5, 0.6) is 0 Å². The summed E-state index contributed by atoms with van der Waals surface area (Å²) in [7, 11) is 0. The van der Waals surface area contributed by atoms with E-state index < -0.39 is 29.5 Å². The molecule has 146 valence electrons. The van der Waals surface area contributed by atoms with Gasteiger partial charge < -0.3 is 25.2 Å². The zero-order chi connectivity index (χ0) is 19.4. The van der Waals surface area contributed by atoms with Crippen LogP contribution in [0.2, 0.25) is 0 Å². The summed E-state index contributed by atoms with van der Waals surface area (Å²) in [5.74, 6) is -0.598. The smallest absolute Gasteiger partial charge is 0.410 e. The lowest BCUT2D eigenvalue weighted by atomic mass is 10.1. The van der Waals surface area contributed by atoms with Gasteiger partial charge in [-0.2, -0.15) is 4.98 Å². The third-order valence-corrected chi connectivity index (χ3v) is 6.32. The molecule has 2 aromatic rings. The van der Waals surface area contributed by atoms with E-state index in [1.54, 1.807) is 11.8 Å². The lowest BCUT2D eigenvalue weighted by Gasteiger charge is -2.28. The standard InChI is InChI=1S/C17H16F2N6O3/c1-6-17(14-21-15(22-17)23-28-14)27-16(26)25(6)7-2-10(18)13(11(19)3-7)24-4-8-9(5-24)12(8)20/h2-3,6,8-9,12H,4-5,20H2,1H3,(H,22,23)/t6?,8-,9+,12?,17-/m0/s1. The molecule has 2 saturated heterocycles. The van der Waals surface area contributed by atoms with Crippen molar-refractivity contribution in [3.8, 4) is 0 Å². The van der Waals surface area contributed by atoms with E-state index in [0.717, 1.165) is 12.1 Å². The van der Waals surface area contributed by atoms with Gasteiger partial charge in [-0.15, -0.1) is 0 Å². The van der Waals surface area contributed by atoms with Crippen molar-refractivity contribution < 1.29 is 22.8 Å². The molecule has 3 fully saturated rings. The van der Waals surface area contributed by atoms with E-state index in [-0.39, 0.29) is 29.3 Å². The highest BCUT2D eigenvalue weighted by Crippen LogP contribution is 2.48. The number of benzene rings is 1. The molecule has 4 aliphatic rings. The number of hydrogen-bond acceptors (Lipinski definition) is 8. The van der Waals surface area contributed by atoms with Crippen molar-refractivity contribution >= 4 is 23.4 Å². The number of rotatable bonds is 2. The largest absolute Gasteiger partial charge is 0.417 e. The van der Waals surface area contributed by atoms with Crippen LogP contribution in [0, 0.1) is 23.5 Å². The summed E-state index contributed by atoms with van der Waals surface area (Å²) >= 11 is 0. The average Bonchev–Trinajstić information content (AvgIpc) is 3.15. The van der Waals surface area contributed by atoms with E-state index in [1.165, 1.54) is 4.90 Å². The molecule has 6 rings (SSSR count). The predicted molar refractivity (Wildman–Crippen MR) is 91.5 cm³/mol. The van der Waals surface area contributed by atoms with Crippen LogP contribution in [-0.4, -0.2) is 41.4 Å². The Morgan fingerprint density at radius 3 is 2.54 bits per heavy atom. The first kappa shape index (κ1) is 16.0. The van der Waals surface area contributed by atoms with Crippen LogP contribution in [0.4, 0.5) is 30.9 Å². The van der Waals surface area contributed by atoms with Gasteiger partial charge in [0.25, 0.3) is 17.6 Å². The number of anilines is 3. The lowest BCUT2D eigenvalue weighted by Crippen LogP contribution is -2.46. The number of ether oxygens (including phenoxy) is 1. The normalized spacial score (nSPS) is 34.8. The Labute approximate surface area is 157 Å². The summed E-state index contributed by atoms with van der Waals surface area (Å²) in [6.45, 7) is 2.74. The first-order valence-corrected chi connectivity index (χ1v) is 9.03. The highest BCUT2D eigenvalue weighted by Gasteiger charge is 2.61. The lowest BCUT2D eigenvalue weighted by molar-refractivity contribution is 0.0313. The van der Waals surface area contributed by atoms with Gasteiger partial charge in [-0.05, 0) is 23.9 Å². The van der Waals surface area contributed by atoms with E-state index in [2.05, 4.69) is 15.5 Å². The molecule has 1 aromatic heterocycles. The molecule has 3 N–H and O–H groups in total. The summed E-state index contributed by atoms with van der Waals surface area (Å²) in [4.78, 5) is 19.4. The Balaban J connectivity index is 1.33. The molecule has 1 spiro atoms. The average molecular weight is 390 g/mol. The third-order valence-electron chi connectivity index (χ3n) is 6.32. The van der Waals surface area contributed by atoms with E-state index in [1.807, 2.05) is 0 Å². The van der Waals surface area contributed by atoms with Gasteiger partial charge in [0, 0.05) is 31.3 Å². The van der Waals surface area contributed by atoms with E-state index >= 15 is 0 Å². The van der Waals surface area contributed by atoms with Crippen LogP contribution < -0.4 is 20.9 Å². The quantitative estimate of drug-likeness (QED) is 0.791. The molecule has 1 aromatic carbocycles. The fourth-order valence-corrected chi connectivity index (χ4v) is 4.69. The van der Waals surface area contributed by atoms with Gasteiger partial charge in [0.15, 0.2) is 11.6 Å². The van der Waals surface area contributed by atoms with Crippen LogP contribution in [0.25, 0.3) is 0 Å². The van der Waals surface area contributed by atoms with Crippen molar-refractivity contribution in [3.63, 3.8) is 0 Å². The number of aromatic nitrogens is 2. The first-order valence-electron chi connectivity index (χ1n) is 9.03. The van der Waals surface area contributed by atoms with Crippen molar-refractivity contribution in [2.75, 3.05) is 28.2 Å². The molecule has 1 amide bonds. The zero-order valence-corrected chi connectivity index (χ0v) is 14.7. The monoisotopic (exact) mass is 390 g/mol. The molecule has 0 radical (unpaired) electrons. The molecule has 2 unspecified atom stereocenters. The first-order chi connectivity index (χ1) is 13.4. The van der Waals surface area contributed by atoms with Crippen LogP contribution >= 0.6 is 0 Å². The second-order valence-corrected chi connectivity index (χ2v) is 7.77. The molecule has 3 aliphatic heterocycles. The molecular weight excluding hydrogens is 374 g/mol. The number of piperidine rings is 1. The summed E-state index contributed by atoms with van der Waals surface area (Å²) in [6, 6.07) is 1.75. The predicted octanol–water partition coefficient (Wildman–Crippen LogP) is 1.36. The fraction of sp³-hybridized carbons (Fsp3) is 0.471. The van der Waals surface area contributed by atoms with Crippen molar-refractivity contribution in [1.82, 2.24) is 10.1 Å². The number of carbonyl (C=O) groups is 1. The third kappa shape index (κ3) is 1.84. The van der Waals surface area contributed by atoms with Crippen LogP contribution in [0.1, 0.15) is 12.8 Å². The number of amides is 1. The summed E-state index contributed by atoms with van der Waals surface area (Å²) in [6.07, 6.45) is -0.764. The Morgan fingerprint density at radius 1 is 1.29 bits per heavy atom. The highest BCUT2D eigenvalue weighted by atomic mass is 19.1. The molecule has 28 heavy (non-hydrogen) atoms. The number of halogens is 2. The number of nitrogens with one attached hydrogen (secondary N) is 1. The second-order valence-electron chi connectivity index (χ2n) is 7.77. The van der Waals surface area contributed by atoms with Crippen LogP contribution in [-0.2, 0) is 10.5 Å². The Kier molecular flexibility index (Phi) is 2.81. The molecule has 1 saturated carbocycles. The molecule has 5 atom stereocenters. The van der Waals surface area contributed by atoms with Crippen molar-refractivity contribution in [1.29, 1.82) is 0 Å². The SMILES string of the molecule is CC1N(c2cc(F)c(N3C[C@@H]4C(N)[C@@H]4C3)c(F)c2)C(=O)O[C@@]12Nc1noc2n1. The minimum absolute atomic E-state index is 0.0568. The van der Waals surface area contributed by atoms with Gasteiger partial charge in [0.05, 0.1) is 5.69 Å². The second kappa shape index (κ2) is 4.90. The maximum absolute atomic E-state index is 14.9. The summed E-state index contributed by atoms with van der Waals surface area (Å²) in [5, 5.41) is 6.51. The van der Waals surface area contributed by atoms with Gasteiger partial charge in [-0.1, -0.05) is 0 Å². The van der Waals surface area contributed by atoms with Gasteiger partial charge in [-0.25, -0.2) is 13.6 Å². The number of nitrogens with two attached hydrogens (primary N) is 1. The zero-order valence-electron chi connectivity index (χ0n) is 14.7. The van der Waals surface area contributed by atoms with Crippen LogP contribution in [0.15, 0.2) is 16.7 Å². The topological polar surface area (TPSA) is 110 Å². The number of hydrogen-bond donors (Lipinski definition) is 2. The van der Waals surface area contributed by atoms with Gasteiger partial charge in [-0.3, -0.25) is 4.90 Å². The molecule has 11 heteroatoms. The molecule has 9 nitrogen and oxygen atoms in total. The van der Waals surface area contributed by atoms with E-state index in [4.69, 9.17) is 15.0 Å². The van der Waals surface area contributed by atoms with Crippen molar-refractivity contribution in [3.05, 3.63) is 29.7 Å². The Hall–Kier alpha value is -2.95. The maximum atomic E-state index is 14.9. The molecular formula is C17H16F2N6O3. The number of carbonyl (C=O) groups excluding carboxylic acids is 1. The van der Waals surface area contributed by atoms with Gasteiger partial charge in [0.2, 0.25) is 0 Å². The maximum Gasteiger partial charge on any atom is 0.417 e. The van der Waals surface area contributed by atoms with Crippen LogP contribution in [0.3, 0.4) is 0 Å². The van der Waals surface area contributed by atoms with E-state index in [0.29, 0.717) is 24.9 Å². The molecule has 1 aliphatic carbocycles. The van der Waals surface area contributed by atoms with E-state index in [9.17, 15) is 13.6 Å². The van der Waals surface area contributed by atoms with Gasteiger partial charge in [0.1, 0.15) is 11.7 Å². The Bertz CT molecular complexity index is 995. The minimum atomic E-state index is -1.36. The van der Waals surface area contributed by atoms with Crippen molar-refractivity contribution in [2.24, 2.45) is 17.6 Å². The molecule has 4 heterocycles. The highest BCUT2D eigenvalue weighted by molar-refractivity contribution is 5.92. The van der Waals surface area contributed by atoms with Gasteiger partial charge >= 0.3 is 6.09 Å². The Morgan fingerprint density at radius 2 is 1.96 bits per heavy atom. The summed E-state index contributed by atoms with van der Waals surface area (Å²) < 4.78 is 40.2. The summed E-state index contributed by atoms with van der Waals surface area (Å²) in [5.41, 5.74) is 4.52. The minimum Gasteiger partial charge on any atom is -0.410 e.